The number of nitrogens with zero attached hydrogens (tertiary/aromatic N) is 3. The highest BCUT2D eigenvalue weighted by Crippen LogP contribution is 2.31. The number of aromatic amines is 1. The first kappa shape index (κ1) is 12.3. The van der Waals surface area contributed by atoms with Crippen molar-refractivity contribution in [1.29, 1.82) is 0 Å². The van der Waals surface area contributed by atoms with Crippen LogP contribution in [0.1, 0.15) is 22.3 Å². The largest absolute Gasteiger partial charge is 0.382 e. The van der Waals surface area contributed by atoms with Crippen molar-refractivity contribution in [3.63, 3.8) is 0 Å². The average Bonchev–Trinajstić information content (AvgIpc) is 3.04. The maximum absolute atomic E-state index is 11.6. The van der Waals surface area contributed by atoms with Crippen LogP contribution in [0, 0.1) is 0 Å². The average molecular weight is 297 g/mol. The maximum atomic E-state index is 11.6. The standard InChI is InChI=1S/C14H11N5OS/c15-12-11-13(17-6-16-12)19-14(18-11)21-8-2-3-9-7(5-8)1-4-10(9)20/h2-3,5-6H,1,4H2,(H3,15,16,17,18,19). The summed E-state index contributed by atoms with van der Waals surface area (Å²) in [6.45, 7) is 0. The van der Waals surface area contributed by atoms with E-state index in [2.05, 4.69) is 19.9 Å². The molecule has 0 spiro atoms. The number of nitrogen functional groups attached to an aromatic ring is 1. The number of ketones is 1. The lowest BCUT2D eigenvalue weighted by Gasteiger charge is -2.01. The number of nitrogens with one attached hydrogen (secondary N) is 1. The molecule has 0 amide bonds. The van der Waals surface area contributed by atoms with Gasteiger partial charge in [-0.1, -0.05) is 17.8 Å². The number of imidazole rings is 1. The first-order valence-electron chi connectivity index (χ1n) is 6.51. The van der Waals surface area contributed by atoms with E-state index in [1.54, 1.807) is 0 Å². The van der Waals surface area contributed by atoms with Gasteiger partial charge in [0.05, 0.1) is 0 Å². The van der Waals surface area contributed by atoms with Crippen molar-refractivity contribution in [1.82, 2.24) is 19.9 Å². The Hall–Kier alpha value is -2.41. The molecule has 7 heteroatoms. The van der Waals surface area contributed by atoms with Gasteiger partial charge in [0.1, 0.15) is 11.8 Å². The summed E-state index contributed by atoms with van der Waals surface area (Å²) >= 11 is 1.49. The molecule has 0 bridgehead atoms. The van der Waals surface area contributed by atoms with Gasteiger partial charge in [0, 0.05) is 16.9 Å². The molecule has 2 aromatic heterocycles. The van der Waals surface area contributed by atoms with Crippen molar-refractivity contribution < 1.29 is 4.79 Å². The summed E-state index contributed by atoms with van der Waals surface area (Å²) in [6, 6.07) is 5.88. The summed E-state index contributed by atoms with van der Waals surface area (Å²) in [6.07, 6.45) is 2.83. The fraction of sp³-hybridized carbons (Fsp3) is 0.143. The number of benzene rings is 1. The van der Waals surface area contributed by atoms with E-state index in [1.165, 1.54) is 18.1 Å². The number of hydrogen-bond acceptors (Lipinski definition) is 6. The van der Waals surface area contributed by atoms with E-state index in [9.17, 15) is 4.79 Å². The lowest BCUT2D eigenvalue weighted by atomic mass is 10.1. The Labute approximate surface area is 124 Å². The van der Waals surface area contributed by atoms with Gasteiger partial charge in [-0.3, -0.25) is 4.79 Å². The smallest absolute Gasteiger partial charge is 0.183 e. The Balaban J connectivity index is 1.69. The summed E-state index contributed by atoms with van der Waals surface area (Å²) in [5.74, 6) is 0.618. The number of carbonyl (C=O) groups excluding carboxylic acids is 1. The molecule has 3 N–H and O–H groups in total. The van der Waals surface area contributed by atoms with Crippen LogP contribution in [0.15, 0.2) is 34.6 Å². The van der Waals surface area contributed by atoms with E-state index in [0.717, 1.165) is 22.4 Å². The van der Waals surface area contributed by atoms with Gasteiger partial charge >= 0.3 is 0 Å². The Morgan fingerprint density at radius 1 is 1.24 bits per heavy atom. The summed E-state index contributed by atoms with van der Waals surface area (Å²) in [4.78, 5) is 28.2. The van der Waals surface area contributed by atoms with Gasteiger partial charge in [-0.25, -0.2) is 15.0 Å². The summed E-state index contributed by atoms with van der Waals surface area (Å²) < 4.78 is 0. The minimum absolute atomic E-state index is 0.230. The SMILES string of the molecule is Nc1ncnc2nc(Sc3ccc4c(c3)CCC4=O)[nH]c12. The number of anilines is 1. The predicted octanol–water partition coefficient (Wildman–Crippen LogP) is 2.22. The van der Waals surface area contributed by atoms with Gasteiger partial charge in [0.15, 0.2) is 22.4 Å². The fourth-order valence-corrected chi connectivity index (χ4v) is 3.33. The minimum Gasteiger partial charge on any atom is -0.382 e. The zero-order valence-corrected chi connectivity index (χ0v) is 11.8. The maximum Gasteiger partial charge on any atom is 0.183 e. The van der Waals surface area contributed by atoms with Gasteiger partial charge < -0.3 is 10.7 Å². The third kappa shape index (κ3) is 2.06. The molecule has 1 aliphatic carbocycles. The molecule has 0 atom stereocenters. The second kappa shape index (κ2) is 4.56. The highest BCUT2D eigenvalue weighted by atomic mass is 32.2. The fourth-order valence-electron chi connectivity index (χ4n) is 2.48. The van der Waals surface area contributed by atoms with Gasteiger partial charge in [-0.2, -0.15) is 0 Å². The Bertz CT molecular complexity index is 873. The van der Waals surface area contributed by atoms with Crippen LogP contribution >= 0.6 is 11.8 Å². The molecule has 0 saturated heterocycles. The monoisotopic (exact) mass is 297 g/mol. The topological polar surface area (TPSA) is 97.5 Å². The number of Topliss-reactive ketones (excluding diaryl/α,β-unsaturated/α-hetero) is 1. The third-order valence-electron chi connectivity index (χ3n) is 3.51. The van der Waals surface area contributed by atoms with Crippen LogP contribution in [0.2, 0.25) is 0 Å². The molecular weight excluding hydrogens is 286 g/mol. The van der Waals surface area contributed by atoms with Gasteiger partial charge in [0.2, 0.25) is 0 Å². The first-order valence-corrected chi connectivity index (χ1v) is 7.32. The van der Waals surface area contributed by atoms with Gasteiger partial charge in [-0.05, 0) is 24.1 Å². The van der Waals surface area contributed by atoms with E-state index >= 15 is 0 Å². The number of aromatic nitrogens is 4. The van der Waals surface area contributed by atoms with Crippen LogP contribution in [-0.4, -0.2) is 25.7 Å². The number of fused-ring (bicyclic) bond motifs is 2. The number of H-pyrrole nitrogens is 1. The van der Waals surface area contributed by atoms with Crippen molar-refractivity contribution >= 4 is 34.5 Å². The van der Waals surface area contributed by atoms with Crippen molar-refractivity contribution in [2.45, 2.75) is 22.9 Å². The van der Waals surface area contributed by atoms with E-state index in [0.29, 0.717) is 28.6 Å². The normalized spacial score (nSPS) is 13.8. The second-order valence-electron chi connectivity index (χ2n) is 4.84. The molecule has 0 saturated carbocycles. The van der Waals surface area contributed by atoms with Gasteiger partial charge in [0.25, 0.3) is 0 Å². The molecule has 0 radical (unpaired) electrons. The van der Waals surface area contributed by atoms with Crippen LogP contribution in [-0.2, 0) is 6.42 Å². The van der Waals surface area contributed by atoms with Crippen LogP contribution in [0.25, 0.3) is 11.2 Å². The molecule has 6 nitrogen and oxygen atoms in total. The predicted molar refractivity (Wildman–Crippen MR) is 79.3 cm³/mol. The minimum atomic E-state index is 0.230. The highest BCUT2D eigenvalue weighted by Gasteiger charge is 2.19. The van der Waals surface area contributed by atoms with Crippen LogP contribution in [0.4, 0.5) is 5.82 Å². The van der Waals surface area contributed by atoms with E-state index in [4.69, 9.17) is 5.73 Å². The van der Waals surface area contributed by atoms with E-state index in [1.807, 2.05) is 18.2 Å². The number of rotatable bonds is 2. The number of nitrogens with two attached hydrogens (primary N) is 1. The summed E-state index contributed by atoms with van der Waals surface area (Å²) in [5, 5.41) is 0.710. The van der Waals surface area contributed by atoms with Gasteiger partial charge in [-0.15, -0.1) is 0 Å². The quantitative estimate of drug-likeness (QED) is 0.752. The van der Waals surface area contributed by atoms with Crippen molar-refractivity contribution in [3.8, 4) is 0 Å². The zero-order chi connectivity index (χ0) is 14.4. The number of carbonyl (C=O) groups is 1. The van der Waals surface area contributed by atoms with Crippen molar-refractivity contribution in [3.05, 3.63) is 35.7 Å². The molecule has 4 rings (SSSR count). The Morgan fingerprint density at radius 2 is 2.14 bits per heavy atom. The molecule has 0 fully saturated rings. The molecule has 2 heterocycles. The summed E-state index contributed by atoms with van der Waals surface area (Å²) in [7, 11) is 0. The Kier molecular flexibility index (Phi) is 2.68. The van der Waals surface area contributed by atoms with E-state index < -0.39 is 0 Å². The van der Waals surface area contributed by atoms with Crippen LogP contribution in [0.3, 0.4) is 0 Å². The molecule has 0 unspecified atom stereocenters. The molecule has 21 heavy (non-hydrogen) atoms. The van der Waals surface area contributed by atoms with Crippen molar-refractivity contribution in [2.75, 3.05) is 5.73 Å². The molecule has 3 aromatic rings. The molecule has 104 valence electrons. The lowest BCUT2D eigenvalue weighted by Crippen LogP contribution is -1.91. The number of aryl methyl sites for hydroxylation is 1. The van der Waals surface area contributed by atoms with Crippen LogP contribution < -0.4 is 5.73 Å². The lowest BCUT2D eigenvalue weighted by molar-refractivity contribution is 0.0994. The molecule has 1 aliphatic rings. The van der Waals surface area contributed by atoms with E-state index in [-0.39, 0.29) is 5.78 Å². The number of hydrogen-bond donors (Lipinski definition) is 2. The van der Waals surface area contributed by atoms with Crippen LogP contribution in [0.5, 0.6) is 0 Å². The third-order valence-corrected chi connectivity index (χ3v) is 4.39. The highest BCUT2D eigenvalue weighted by molar-refractivity contribution is 7.99. The molecule has 1 aromatic carbocycles. The molecule has 0 aliphatic heterocycles. The zero-order valence-electron chi connectivity index (χ0n) is 11.0. The van der Waals surface area contributed by atoms with Crippen molar-refractivity contribution in [2.24, 2.45) is 0 Å². The molecular formula is C14H11N5OS. The summed E-state index contributed by atoms with van der Waals surface area (Å²) in [5.41, 5.74) is 8.95. The second-order valence-corrected chi connectivity index (χ2v) is 5.91. The first-order chi connectivity index (χ1) is 10.2. The Morgan fingerprint density at radius 3 is 3.00 bits per heavy atom.